The van der Waals surface area contributed by atoms with E-state index < -0.39 is 0 Å². The average molecular weight is 150 g/mol. The molecule has 1 aliphatic rings. The number of nitrogens with zero attached hydrogens (tertiary/aromatic N) is 3. The highest BCUT2D eigenvalue weighted by atomic mass is 15.2. The lowest BCUT2D eigenvalue weighted by Gasteiger charge is -2.27. The molecule has 0 spiro atoms. The quantitative estimate of drug-likeness (QED) is 0.579. The summed E-state index contributed by atoms with van der Waals surface area (Å²) in [5.74, 6) is 0. The van der Waals surface area contributed by atoms with E-state index in [1.54, 1.807) is 12.4 Å². The molecule has 0 fully saturated rings. The second kappa shape index (κ2) is 2.38. The topological polar surface area (TPSA) is 41.0 Å². The summed E-state index contributed by atoms with van der Waals surface area (Å²) in [5, 5.41) is 10.9. The third-order valence-corrected chi connectivity index (χ3v) is 1.88. The lowest BCUT2D eigenvalue weighted by atomic mass is 10.3. The third-order valence-electron chi connectivity index (χ3n) is 1.88. The molecule has 1 aromatic rings. The Bertz CT molecular complexity index is 260. The van der Waals surface area contributed by atoms with E-state index in [4.69, 9.17) is 0 Å². The molecular weight excluding hydrogens is 140 g/mol. The molecule has 58 valence electrons. The maximum atomic E-state index is 3.82. The Morgan fingerprint density at radius 2 is 2.27 bits per heavy atom. The van der Waals surface area contributed by atoms with Crippen LogP contribution < -0.4 is 10.2 Å². The Balaban J connectivity index is 2.44. The van der Waals surface area contributed by atoms with Gasteiger partial charge in [0.15, 0.2) is 0 Å². The van der Waals surface area contributed by atoms with Gasteiger partial charge in [-0.2, -0.15) is 10.2 Å². The summed E-state index contributed by atoms with van der Waals surface area (Å²) in [4.78, 5) is 2.17. The molecule has 4 heteroatoms. The zero-order valence-electron chi connectivity index (χ0n) is 6.41. The van der Waals surface area contributed by atoms with Gasteiger partial charge in [-0.1, -0.05) is 0 Å². The van der Waals surface area contributed by atoms with Gasteiger partial charge in [-0.25, -0.2) is 0 Å². The second-order valence-electron chi connectivity index (χ2n) is 2.64. The van der Waals surface area contributed by atoms with Gasteiger partial charge in [0.05, 0.1) is 23.8 Å². The Hall–Kier alpha value is -1.32. The molecule has 0 aliphatic carbocycles. The normalized spacial score (nSPS) is 15.5. The summed E-state index contributed by atoms with van der Waals surface area (Å²) in [5.41, 5.74) is 2.21. The van der Waals surface area contributed by atoms with Crippen molar-refractivity contribution < 1.29 is 0 Å². The first kappa shape index (κ1) is 6.39. The van der Waals surface area contributed by atoms with Gasteiger partial charge < -0.3 is 10.2 Å². The van der Waals surface area contributed by atoms with E-state index >= 15 is 0 Å². The van der Waals surface area contributed by atoms with Crippen LogP contribution in [0.5, 0.6) is 0 Å². The van der Waals surface area contributed by atoms with Crippen molar-refractivity contribution in [1.82, 2.24) is 10.2 Å². The molecule has 0 aromatic carbocycles. The SMILES string of the molecule is CN1CCNc2cnncc21. The number of nitrogens with one attached hydrogen (secondary N) is 1. The van der Waals surface area contributed by atoms with E-state index in [9.17, 15) is 0 Å². The maximum absolute atomic E-state index is 3.82. The molecule has 2 rings (SSSR count). The fourth-order valence-electron chi connectivity index (χ4n) is 1.23. The Kier molecular flexibility index (Phi) is 1.38. The summed E-state index contributed by atoms with van der Waals surface area (Å²) < 4.78 is 0. The van der Waals surface area contributed by atoms with Gasteiger partial charge in [-0.05, 0) is 0 Å². The molecule has 4 nitrogen and oxygen atoms in total. The number of hydrogen-bond donors (Lipinski definition) is 1. The van der Waals surface area contributed by atoms with E-state index in [0.29, 0.717) is 0 Å². The van der Waals surface area contributed by atoms with Crippen molar-refractivity contribution in [3.05, 3.63) is 12.4 Å². The summed E-state index contributed by atoms with van der Waals surface area (Å²) in [6.07, 6.45) is 3.53. The highest BCUT2D eigenvalue weighted by molar-refractivity contribution is 5.69. The Morgan fingerprint density at radius 1 is 1.45 bits per heavy atom. The van der Waals surface area contributed by atoms with Crippen LogP contribution in [-0.4, -0.2) is 30.3 Å². The first-order valence-corrected chi connectivity index (χ1v) is 3.63. The molecule has 2 heterocycles. The average Bonchev–Trinajstić information content (AvgIpc) is 2.06. The summed E-state index contributed by atoms with van der Waals surface area (Å²) in [7, 11) is 2.06. The fraction of sp³-hybridized carbons (Fsp3) is 0.429. The molecule has 0 radical (unpaired) electrons. The van der Waals surface area contributed by atoms with E-state index in [2.05, 4.69) is 27.5 Å². The van der Waals surface area contributed by atoms with Gasteiger partial charge in [0.2, 0.25) is 0 Å². The van der Waals surface area contributed by atoms with Crippen molar-refractivity contribution in [1.29, 1.82) is 0 Å². The standard InChI is InChI=1S/C7H10N4/c1-11-3-2-8-6-4-9-10-5-7(6)11/h4-5,8H,2-3H2,1H3. The van der Waals surface area contributed by atoms with Crippen molar-refractivity contribution in [3.8, 4) is 0 Å². The van der Waals surface area contributed by atoms with Crippen LogP contribution >= 0.6 is 0 Å². The van der Waals surface area contributed by atoms with Gasteiger partial charge in [-0.3, -0.25) is 0 Å². The van der Waals surface area contributed by atoms with Crippen LogP contribution in [0.15, 0.2) is 12.4 Å². The Morgan fingerprint density at radius 3 is 3.09 bits per heavy atom. The summed E-state index contributed by atoms with van der Waals surface area (Å²) >= 11 is 0. The van der Waals surface area contributed by atoms with Gasteiger partial charge in [0, 0.05) is 20.1 Å². The van der Waals surface area contributed by atoms with Crippen LogP contribution in [0.3, 0.4) is 0 Å². The van der Waals surface area contributed by atoms with E-state index in [1.165, 1.54) is 0 Å². The molecule has 0 atom stereocenters. The number of hydrogen-bond acceptors (Lipinski definition) is 4. The largest absolute Gasteiger partial charge is 0.380 e. The van der Waals surface area contributed by atoms with Crippen molar-refractivity contribution in [3.63, 3.8) is 0 Å². The number of anilines is 2. The molecule has 1 aromatic heterocycles. The molecule has 0 unspecified atom stereocenters. The predicted octanol–water partition coefficient (Wildman–Crippen LogP) is 0.338. The molecule has 0 amide bonds. The minimum absolute atomic E-state index is 0.981. The molecule has 11 heavy (non-hydrogen) atoms. The van der Waals surface area contributed by atoms with Crippen LogP contribution in [0.25, 0.3) is 0 Å². The van der Waals surface area contributed by atoms with Crippen molar-refractivity contribution in [2.45, 2.75) is 0 Å². The zero-order chi connectivity index (χ0) is 7.68. The van der Waals surface area contributed by atoms with Gasteiger partial charge in [-0.15, -0.1) is 0 Å². The first-order chi connectivity index (χ1) is 5.38. The predicted molar refractivity (Wildman–Crippen MR) is 43.8 cm³/mol. The number of likely N-dealkylation sites (N-methyl/N-ethyl adjacent to an activating group) is 1. The van der Waals surface area contributed by atoms with Gasteiger partial charge in [0.25, 0.3) is 0 Å². The smallest absolute Gasteiger partial charge is 0.0821 e. The van der Waals surface area contributed by atoms with Crippen LogP contribution in [0.4, 0.5) is 11.4 Å². The van der Waals surface area contributed by atoms with Gasteiger partial charge in [0.1, 0.15) is 0 Å². The molecule has 0 bridgehead atoms. The summed E-state index contributed by atoms with van der Waals surface area (Å²) in [6, 6.07) is 0. The minimum atomic E-state index is 0.981. The first-order valence-electron chi connectivity index (χ1n) is 3.63. The molecule has 1 aliphatic heterocycles. The highest BCUT2D eigenvalue weighted by Crippen LogP contribution is 2.24. The van der Waals surface area contributed by atoms with E-state index in [1.807, 2.05) is 0 Å². The van der Waals surface area contributed by atoms with E-state index in [0.717, 1.165) is 24.5 Å². The van der Waals surface area contributed by atoms with Gasteiger partial charge >= 0.3 is 0 Å². The highest BCUT2D eigenvalue weighted by Gasteiger charge is 2.11. The lowest BCUT2D eigenvalue weighted by Crippen LogP contribution is -2.30. The number of aromatic nitrogens is 2. The zero-order valence-corrected chi connectivity index (χ0v) is 6.41. The minimum Gasteiger partial charge on any atom is -0.380 e. The van der Waals surface area contributed by atoms with Crippen molar-refractivity contribution in [2.24, 2.45) is 0 Å². The Labute approximate surface area is 65.2 Å². The number of fused-ring (bicyclic) bond motifs is 1. The maximum Gasteiger partial charge on any atom is 0.0821 e. The van der Waals surface area contributed by atoms with Crippen LogP contribution in [0.2, 0.25) is 0 Å². The lowest BCUT2D eigenvalue weighted by molar-refractivity contribution is 0.866. The summed E-state index contributed by atoms with van der Waals surface area (Å²) in [6.45, 7) is 2.01. The third kappa shape index (κ3) is 1.00. The molecule has 1 N–H and O–H groups in total. The van der Waals surface area contributed by atoms with E-state index in [-0.39, 0.29) is 0 Å². The monoisotopic (exact) mass is 150 g/mol. The van der Waals surface area contributed by atoms with Crippen LogP contribution in [0, 0.1) is 0 Å². The molecule has 0 saturated heterocycles. The number of rotatable bonds is 0. The molecular formula is C7H10N4. The fourth-order valence-corrected chi connectivity index (χ4v) is 1.23. The second-order valence-corrected chi connectivity index (χ2v) is 2.64. The van der Waals surface area contributed by atoms with Crippen molar-refractivity contribution >= 4 is 11.4 Å². The van der Waals surface area contributed by atoms with Crippen LogP contribution in [-0.2, 0) is 0 Å². The molecule has 0 saturated carbocycles. The van der Waals surface area contributed by atoms with Crippen LogP contribution in [0.1, 0.15) is 0 Å². The van der Waals surface area contributed by atoms with Crippen molar-refractivity contribution in [2.75, 3.05) is 30.4 Å².